The van der Waals surface area contributed by atoms with Crippen LogP contribution in [0.2, 0.25) is 0 Å². The third-order valence-electron chi connectivity index (χ3n) is 3.85. The summed E-state index contributed by atoms with van der Waals surface area (Å²) in [6.45, 7) is 9.34. The SMILES string of the molecule is CCOC(=O)[C@@H](C)N1C(=O)S/C(=C/c2c(C)cc(C)cc2C)C1=O. The lowest BCUT2D eigenvalue weighted by Crippen LogP contribution is -2.42. The first-order valence-electron chi connectivity index (χ1n) is 7.77. The second-order valence-electron chi connectivity index (χ2n) is 5.79. The first-order chi connectivity index (χ1) is 11.3. The summed E-state index contributed by atoms with van der Waals surface area (Å²) < 4.78 is 4.90. The van der Waals surface area contributed by atoms with Crippen LogP contribution in [0.25, 0.3) is 6.08 Å². The van der Waals surface area contributed by atoms with Gasteiger partial charge in [-0.05, 0) is 69.1 Å². The van der Waals surface area contributed by atoms with E-state index in [0.29, 0.717) is 4.91 Å². The van der Waals surface area contributed by atoms with E-state index in [-0.39, 0.29) is 6.61 Å². The van der Waals surface area contributed by atoms with Gasteiger partial charge in [0.2, 0.25) is 0 Å². The molecule has 6 heteroatoms. The van der Waals surface area contributed by atoms with Crippen LogP contribution in [-0.4, -0.2) is 34.7 Å². The Bertz CT molecular complexity index is 716. The third kappa shape index (κ3) is 3.53. The van der Waals surface area contributed by atoms with Crippen molar-refractivity contribution >= 4 is 35.0 Å². The van der Waals surface area contributed by atoms with Gasteiger partial charge >= 0.3 is 5.97 Å². The van der Waals surface area contributed by atoms with Crippen LogP contribution >= 0.6 is 11.8 Å². The van der Waals surface area contributed by atoms with Crippen molar-refractivity contribution < 1.29 is 19.1 Å². The lowest BCUT2D eigenvalue weighted by molar-refractivity contribution is -0.150. The average molecular weight is 347 g/mol. The molecule has 0 saturated carbocycles. The van der Waals surface area contributed by atoms with Gasteiger partial charge in [0.05, 0.1) is 11.5 Å². The molecule has 0 N–H and O–H groups in total. The highest BCUT2D eigenvalue weighted by Gasteiger charge is 2.41. The Labute approximate surface area is 146 Å². The molecule has 2 rings (SSSR count). The van der Waals surface area contributed by atoms with E-state index >= 15 is 0 Å². The maximum atomic E-state index is 12.6. The molecule has 1 saturated heterocycles. The van der Waals surface area contributed by atoms with Crippen LogP contribution in [0, 0.1) is 20.8 Å². The Morgan fingerprint density at radius 3 is 2.38 bits per heavy atom. The highest BCUT2D eigenvalue weighted by Crippen LogP contribution is 2.35. The molecule has 1 atom stereocenters. The third-order valence-corrected chi connectivity index (χ3v) is 4.74. The molecular weight excluding hydrogens is 326 g/mol. The monoisotopic (exact) mass is 347 g/mol. The summed E-state index contributed by atoms with van der Waals surface area (Å²) in [5.41, 5.74) is 4.15. The minimum atomic E-state index is -0.927. The largest absolute Gasteiger partial charge is 0.464 e. The van der Waals surface area contributed by atoms with Gasteiger partial charge in [-0.25, -0.2) is 4.79 Å². The molecule has 0 aromatic heterocycles. The number of thioether (sulfide) groups is 1. The predicted octanol–water partition coefficient (Wildman–Crippen LogP) is 3.60. The van der Waals surface area contributed by atoms with Crippen LogP contribution in [0.5, 0.6) is 0 Å². The number of imide groups is 1. The maximum Gasteiger partial charge on any atom is 0.329 e. The van der Waals surface area contributed by atoms with Crippen LogP contribution in [0.3, 0.4) is 0 Å². The van der Waals surface area contributed by atoms with Gasteiger partial charge in [0.15, 0.2) is 0 Å². The van der Waals surface area contributed by atoms with E-state index in [9.17, 15) is 14.4 Å². The van der Waals surface area contributed by atoms with Crippen molar-refractivity contribution in [3.05, 3.63) is 39.3 Å². The molecule has 0 bridgehead atoms. The van der Waals surface area contributed by atoms with Crippen LogP contribution in [0.1, 0.15) is 36.1 Å². The number of ether oxygens (including phenoxy) is 1. The van der Waals surface area contributed by atoms with Gasteiger partial charge in [0.1, 0.15) is 6.04 Å². The van der Waals surface area contributed by atoms with Crippen molar-refractivity contribution in [3.63, 3.8) is 0 Å². The molecule has 1 heterocycles. The molecule has 0 unspecified atom stereocenters. The van der Waals surface area contributed by atoms with Crippen molar-refractivity contribution in [2.45, 2.75) is 40.7 Å². The molecule has 0 radical (unpaired) electrons. The number of hydrogen-bond acceptors (Lipinski definition) is 5. The van der Waals surface area contributed by atoms with E-state index < -0.39 is 23.2 Å². The van der Waals surface area contributed by atoms with Crippen molar-refractivity contribution in [1.82, 2.24) is 4.90 Å². The summed E-state index contributed by atoms with van der Waals surface area (Å²) in [7, 11) is 0. The Morgan fingerprint density at radius 1 is 1.25 bits per heavy atom. The molecule has 1 aliphatic rings. The van der Waals surface area contributed by atoms with E-state index in [1.807, 2.05) is 32.9 Å². The number of benzene rings is 1. The van der Waals surface area contributed by atoms with Crippen molar-refractivity contribution in [2.75, 3.05) is 6.61 Å². The molecule has 1 aromatic rings. The topological polar surface area (TPSA) is 63.7 Å². The van der Waals surface area contributed by atoms with Crippen molar-refractivity contribution in [2.24, 2.45) is 0 Å². The Hall–Kier alpha value is -2.08. The van der Waals surface area contributed by atoms with Crippen molar-refractivity contribution in [3.8, 4) is 0 Å². The molecule has 24 heavy (non-hydrogen) atoms. The zero-order valence-corrected chi connectivity index (χ0v) is 15.3. The number of nitrogens with zero attached hydrogens (tertiary/aromatic N) is 1. The standard InChI is InChI=1S/C18H21NO4S/c1-6-23-17(21)13(5)19-16(20)15(24-18(19)22)9-14-11(3)7-10(2)8-12(14)4/h7-9,13H,6H2,1-5H3/b15-9+/t13-/m1/s1. The van der Waals surface area contributed by atoms with Gasteiger partial charge in [-0.1, -0.05) is 17.7 Å². The number of amides is 2. The Kier molecular flexibility index (Phi) is 5.49. The summed E-state index contributed by atoms with van der Waals surface area (Å²) in [4.78, 5) is 37.9. The van der Waals surface area contributed by atoms with Crippen LogP contribution in [0.4, 0.5) is 4.79 Å². The van der Waals surface area contributed by atoms with Gasteiger partial charge in [-0.15, -0.1) is 0 Å². The summed E-state index contributed by atoms with van der Waals surface area (Å²) >= 11 is 0.853. The second kappa shape index (κ2) is 7.21. The highest BCUT2D eigenvalue weighted by atomic mass is 32.2. The predicted molar refractivity (Wildman–Crippen MR) is 94.6 cm³/mol. The smallest absolute Gasteiger partial charge is 0.329 e. The fourth-order valence-electron chi connectivity index (χ4n) is 2.73. The lowest BCUT2D eigenvalue weighted by Gasteiger charge is -2.19. The Morgan fingerprint density at radius 2 is 1.83 bits per heavy atom. The quantitative estimate of drug-likeness (QED) is 0.615. The first-order valence-corrected chi connectivity index (χ1v) is 8.59. The van der Waals surface area contributed by atoms with Crippen molar-refractivity contribution in [1.29, 1.82) is 0 Å². The van der Waals surface area contributed by atoms with Gasteiger partial charge in [-0.2, -0.15) is 0 Å². The van der Waals surface area contributed by atoms with E-state index in [0.717, 1.165) is 38.9 Å². The van der Waals surface area contributed by atoms with Gasteiger partial charge < -0.3 is 4.74 Å². The lowest BCUT2D eigenvalue weighted by atomic mass is 9.99. The molecular formula is C18H21NO4S. The fourth-order valence-corrected chi connectivity index (χ4v) is 3.62. The molecule has 2 amide bonds. The maximum absolute atomic E-state index is 12.6. The number of hydrogen-bond donors (Lipinski definition) is 0. The molecule has 5 nitrogen and oxygen atoms in total. The zero-order valence-electron chi connectivity index (χ0n) is 14.5. The molecule has 0 spiro atoms. The molecule has 0 aliphatic carbocycles. The van der Waals surface area contributed by atoms with E-state index in [1.165, 1.54) is 6.92 Å². The molecule has 1 aliphatic heterocycles. The van der Waals surface area contributed by atoms with Crippen LogP contribution < -0.4 is 0 Å². The number of carbonyl (C=O) groups excluding carboxylic acids is 3. The van der Waals surface area contributed by atoms with Gasteiger partial charge in [0, 0.05) is 0 Å². The second-order valence-corrected chi connectivity index (χ2v) is 6.79. The fraction of sp³-hybridized carbons (Fsp3) is 0.389. The van der Waals surface area contributed by atoms with E-state index in [4.69, 9.17) is 4.74 Å². The molecule has 1 aromatic carbocycles. The zero-order chi connectivity index (χ0) is 18.0. The van der Waals surface area contributed by atoms with Gasteiger partial charge in [-0.3, -0.25) is 14.5 Å². The molecule has 1 fully saturated rings. The first kappa shape index (κ1) is 18.3. The van der Waals surface area contributed by atoms with Gasteiger partial charge in [0.25, 0.3) is 11.1 Å². The summed E-state index contributed by atoms with van der Waals surface area (Å²) in [5, 5.41) is -0.450. The number of rotatable bonds is 4. The summed E-state index contributed by atoms with van der Waals surface area (Å²) in [5.74, 6) is -1.03. The summed E-state index contributed by atoms with van der Waals surface area (Å²) in [6.07, 6.45) is 1.73. The minimum absolute atomic E-state index is 0.205. The minimum Gasteiger partial charge on any atom is -0.464 e. The van der Waals surface area contributed by atoms with E-state index in [1.54, 1.807) is 13.0 Å². The van der Waals surface area contributed by atoms with Crippen LogP contribution in [-0.2, 0) is 14.3 Å². The normalized spacial score (nSPS) is 17.5. The number of carbonyl (C=O) groups is 3. The average Bonchev–Trinajstić information content (AvgIpc) is 2.76. The highest BCUT2D eigenvalue weighted by molar-refractivity contribution is 8.18. The van der Waals surface area contributed by atoms with Crippen LogP contribution in [0.15, 0.2) is 17.0 Å². The Balaban J connectivity index is 2.34. The number of esters is 1. The molecule has 128 valence electrons. The number of aryl methyl sites for hydroxylation is 3. The van der Waals surface area contributed by atoms with E-state index in [2.05, 4.69) is 0 Å². The summed E-state index contributed by atoms with van der Waals surface area (Å²) in [6, 6.07) is 3.14.